The minimum absolute atomic E-state index is 0.0666. The van der Waals surface area contributed by atoms with Gasteiger partial charge in [-0.2, -0.15) is 0 Å². The molecule has 7 heteroatoms. The van der Waals surface area contributed by atoms with Crippen molar-refractivity contribution in [1.29, 1.82) is 0 Å². The number of hydrogen-bond donors (Lipinski definition) is 2. The zero-order valence-corrected chi connectivity index (χ0v) is 20.9. The van der Waals surface area contributed by atoms with Crippen LogP contribution in [0.15, 0.2) is 35.0 Å². The summed E-state index contributed by atoms with van der Waals surface area (Å²) < 4.78 is 6.15. The maximum atomic E-state index is 13.5. The highest BCUT2D eigenvalue weighted by Gasteiger charge is 2.40. The molecule has 2 saturated carbocycles. The Hall–Kier alpha value is -2.38. The first-order valence-electron chi connectivity index (χ1n) is 13.6. The number of rotatable bonds is 10. The fourth-order valence-corrected chi connectivity index (χ4v) is 5.43. The monoisotopic (exact) mass is 483 g/mol. The highest BCUT2D eigenvalue weighted by molar-refractivity contribution is 6.11. The summed E-state index contributed by atoms with van der Waals surface area (Å²) in [5.41, 5.74) is 1.94. The van der Waals surface area contributed by atoms with Crippen molar-refractivity contribution in [3.8, 4) is 0 Å². The maximum Gasteiger partial charge on any atom is 0.300 e. The van der Waals surface area contributed by atoms with Crippen LogP contribution in [0.2, 0.25) is 0 Å². The van der Waals surface area contributed by atoms with E-state index in [-0.39, 0.29) is 31.2 Å². The highest BCUT2D eigenvalue weighted by Crippen LogP contribution is 2.31. The van der Waals surface area contributed by atoms with Crippen LogP contribution in [0.4, 0.5) is 5.69 Å². The van der Waals surface area contributed by atoms with Gasteiger partial charge in [0.25, 0.3) is 5.91 Å². The third-order valence-corrected chi connectivity index (χ3v) is 7.37. The van der Waals surface area contributed by atoms with Crippen LogP contribution in [0.25, 0.3) is 6.08 Å². The topological polar surface area (TPSA) is 85.6 Å². The van der Waals surface area contributed by atoms with Gasteiger partial charge >= 0.3 is 6.02 Å². The van der Waals surface area contributed by atoms with Crippen molar-refractivity contribution < 1.29 is 19.7 Å². The van der Waals surface area contributed by atoms with Crippen molar-refractivity contribution in [3.05, 3.63) is 35.6 Å². The van der Waals surface area contributed by atoms with E-state index in [1.807, 2.05) is 35.2 Å². The summed E-state index contributed by atoms with van der Waals surface area (Å²) in [6, 6.07) is 8.97. The van der Waals surface area contributed by atoms with Crippen molar-refractivity contribution in [2.75, 3.05) is 31.2 Å². The second-order valence-electron chi connectivity index (χ2n) is 10.0. The number of carbonyl (C=O) groups excluding carboxylic acids is 1. The van der Waals surface area contributed by atoms with Gasteiger partial charge in [-0.1, -0.05) is 50.7 Å². The molecule has 0 bridgehead atoms. The van der Waals surface area contributed by atoms with Crippen LogP contribution < -0.4 is 4.90 Å². The largest absolute Gasteiger partial charge is 0.420 e. The molecule has 2 N–H and O–H groups in total. The molecule has 4 rings (SSSR count). The average molecular weight is 484 g/mol. The SMILES string of the molecule is O=C1/C(=C\c2ccc(N(CCCO)CCCO)cc2)O/C(=N\C2CCCCC2)N1C1CCCCC1. The van der Waals surface area contributed by atoms with Gasteiger partial charge in [-0.3, -0.25) is 9.69 Å². The van der Waals surface area contributed by atoms with Crippen LogP contribution in [0.3, 0.4) is 0 Å². The summed E-state index contributed by atoms with van der Waals surface area (Å²) >= 11 is 0. The molecule has 1 aromatic rings. The van der Waals surface area contributed by atoms with E-state index in [1.54, 1.807) is 0 Å². The van der Waals surface area contributed by atoms with Gasteiger partial charge < -0.3 is 19.8 Å². The van der Waals surface area contributed by atoms with Gasteiger partial charge in [-0.25, -0.2) is 4.99 Å². The van der Waals surface area contributed by atoms with Crippen LogP contribution in [0.1, 0.15) is 82.6 Å². The van der Waals surface area contributed by atoms with Crippen LogP contribution in [-0.4, -0.2) is 65.4 Å². The molecule has 0 spiro atoms. The number of carbonyl (C=O) groups is 1. The molecule has 3 fully saturated rings. The molecule has 0 radical (unpaired) electrons. The smallest absolute Gasteiger partial charge is 0.300 e. The van der Waals surface area contributed by atoms with Gasteiger partial charge in [0.2, 0.25) is 0 Å². The first-order chi connectivity index (χ1) is 17.2. The molecule has 1 aromatic carbocycles. The number of amides is 1. The molecule has 192 valence electrons. The molecule has 1 amide bonds. The van der Waals surface area contributed by atoms with E-state index >= 15 is 0 Å². The van der Waals surface area contributed by atoms with Crippen molar-refractivity contribution in [2.45, 2.75) is 89.1 Å². The van der Waals surface area contributed by atoms with E-state index in [9.17, 15) is 15.0 Å². The van der Waals surface area contributed by atoms with E-state index in [2.05, 4.69) is 4.90 Å². The fraction of sp³-hybridized carbons (Fsp3) is 0.643. The predicted octanol–water partition coefficient (Wildman–Crippen LogP) is 4.48. The molecular weight excluding hydrogens is 442 g/mol. The Kier molecular flexibility index (Phi) is 9.60. The summed E-state index contributed by atoms with van der Waals surface area (Å²) in [5.74, 6) is 0.290. The van der Waals surface area contributed by atoms with Crippen LogP contribution >= 0.6 is 0 Å². The van der Waals surface area contributed by atoms with Gasteiger partial charge in [-0.05, 0) is 62.3 Å². The molecular formula is C28H41N3O4. The number of amidine groups is 1. The normalized spacial score (nSPS) is 22.2. The summed E-state index contributed by atoms with van der Waals surface area (Å²) in [5, 5.41) is 18.4. The van der Waals surface area contributed by atoms with Gasteiger partial charge in [0.1, 0.15) is 0 Å². The number of nitrogens with zero attached hydrogens (tertiary/aromatic N) is 3. The Morgan fingerprint density at radius 2 is 1.51 bits per heavy atom. The minimum Gasteiger partial charge on any atom is -0.420 e. The molecule has 1 heterocycles. The Morgan fingerprint density at radius 1 is 0.914 bits per heavy atom. The van der Waals surface area contributed by atoms with E-state index in [0.29, 0.717) is 24.6 Å². The second-order valence-corrected chi connectivity index (χ2v) is 10.0. The minimum atomic E-state index is -0.0666. The van der Waals surface area contributed by atoms with E-state index in [4.69, 9.17) is 9.73 Å². The average Bonchev–Trinajstić information content (AvgIpc) is 3.20. The summed E-state index contributed by atoms with van der Waals surface area (Å²) in [6.45, 7) is 1.74. The highest BCUT2D eigenvalue weighted by atomic mass is 16.5. The maximum absolute atomic E-state index is 13.5. The quantitative estimate of drug-likeness (QED) is 0.479. The lowest BCUT2D eigenvalue weighted by Crippen LogP contribution is -2.41. The predicted molar refractivity (Wildman–Crippen MR) is 139 cm³/mol. The lowest BCUT2D eigenvalue weighted by atomic mass is 9.94. The van der Waals surface area contributed by atoms with Crippen molar-refractivity contribution >= 4 is 23.7 Å². The number of anilines is 1. The molecule has 2 aliphatic carbocycles. The summed E-state index contributed by atoms with van der Waals surface area (Å²) in [4.78, 5) is 22.4. The molecule has 35 heavy (non-hydrogen) atoms. The zero-order valence-electron chi connectivity index (χ0n) is 20.9. The van der Waals surface area contributed by atoms with Gasteiger partial charge in [0.05, 0.1) is 6.04 Å². The third kappa shape index (κ3) is 6.85. The van der Waals surface area contributed by atoms with Crippen LogP contribution in [0, 0.1) is 0 Å². The van der Waals surface area contributed by atoms with E-state index < -0.39 is 0 Å². The molecule has 3 aliphatic rings. The number of benzene rings is 1. The van der Waals surface area contributed by atoms with Gasteiger partial charge in [0, 0.05) is 38.0 Å². The van der Waals surface area contributed by atoms with Crippen LogP contribution in [0.5, 0.6) is 0 Å². The summed E-state index contributed by atoms with van der Waals surface area (Å²) in [6.07, 6.45) is 14.6. The number of ether oxygens (including phenoxy) is 1. The number of aliphatic hydroxyl groups is 2. The Morgan fingerprint density at radius 3 is 2.11 bits per heavy atom. The van der Waals surface area contributed by atoms with Crippen LogP contribution in [-0.2, 0) is 9.53 Å². The van der Waals surface area contributed by atoms with E-state index in [1.165, 1.54) is 25.7 Å². The second kappa shape index (κ2) is 13.1. The molecule has 0 aromatic heterocycles. The van der Waals surface area contributed by atoms with Crippen molar-refractivity contribution in [1.82, 2.24) is 4.90 Å². The lowest BCUT2D eigenvalue weighted by Gasteiger charge is -2.29. The zero-order chi connectivity index (χ0) is 24.5. The van der Waals surface area contributed by atoms with Gasteiger partial charge in [0.15, 0.2) is 5.76 Å². The Labute approximate surface area is 209 Å². The first-order valence-corrected chi connectivity index (χ1v) is 13.6. The van der Waals surface area contributed by atoms with Gasteiger partial charge in [-0.15, -0.1) is 0 Å². The third-order valence-electron chi connectivity index (χ3n) is 7.37. The molecule has 1 aliphatic heterocycles. The summed E-state index contributed by atoms with van der Waals surface area (Å²) in [7, 11) is 0. The standard InChI is InChI=1S/C28H41N3O4/c32-19-7-17-30(18-8-20-33)24-15-13-22(14-16-24)21-26-27(34)31(25-11-5-2-6-12-25)28(35-26)29-23-9-3-1-4-10-23/h13-16,21,23,25,32-33H,1-12,17-20H2/b26-21+,29-28-. The molecule has 0 atom stereocenters. The van der Waals surface area contributed by atoms with Crippen molar-refractivity contribution in [2.24, 2.45) is 4.99 Å². The molecule has 7 nitrogen and oxygen atoms in total. The number of hydrogen-bond acceptors (Lipinski definition) is 6. The van der Waals surface area contributed by atoms with E-state index in [0.717, 1.165) is 62.9 Å². The Bertz CT molecular complexity index is 863. The number of aliphatic imine (C=N–C) groups is 1. The van der Waals surface area contributed by atoms with Crippen molar-refractivity contribution in [3.63, 3.8) is 0 Å². The number of aliphatic hydroxyl groups excluding tert-OH is 2. The lowest BCUT2D eigenvalue weighted by molar-refractivity contribution is -0.124. The molecule has 1 saturated heterocycles. The first kappa shape index (κ1) is 25.7. The Balaban J connectivity index is 1.52. The molecule has 0 unspecified atom stereocenters. The fourth-order valence-electron chi connectivity index (χ4n) is 5.43.